The molecule has 0 saturated carbocycles. The van der Waals surface area contributed by atoms with Gasteiger partial charge in [-0.3, -0.25) is 24.1 Å². The Balaban J connectivity index is 1.38. The maximum Gasteiger partial charge on any atom is 0.407 e. The molecule has 1 fully saturated rings. The zero-order valence-corrected chi connectivity index (χ0v) is 33.6. The smallest absolute Gasteiger partial charge is 0.407 e. The monoisotopic (exact) mass is 756 g/mol. The zero-order valence-electron chi connectivity index (χ0n) is 33.6. The van der Waals surface area contributed by atoms with Crippen molar-refractivity contribution < 1.29 is 28.7 Å². The van der Waals surface area contributed by atoms with Crippen molar-refractivity contribution in [3.8, 4) is 0 Å². The van der Waals surface area contributed by atoms with E-state index >= 15 is 0 Å². The SMILES string of the molecule is CCCCCCCCCCCCCNC(=O)C1CC(NC(=O)c2cc(NC(=O)c3nc(NC(=O)CCCNC(=O)OC(C)(C)C)cn3C)cn2C)CN1C. The van der Waals surface area contributed by atoms with Crippen molar-refractivity contribution in [2.45, 2.75) is 135 Å². The Labute approximate surface area is 321 Å². The van der Waals surface area contributed by atoms with Crippen LogP contribution in [-0.4, -0.2) is 93.1 Å². The number of nitrogens with zero attached hydrogens (tertiary/aromatic N) is 4. The van der Waals surface area contributed by atoms with Gasteiger partial charge in [-0.2, -0.15) is 0 Å². The van der Waals surface area contributed by atoms with Crippen molar-refractivity contribution in [3.63, 3.8) is 0 Å². The van der Waals surface area contributed by atoms with Crippen LogP contribution in [-0.2, 0) is 28.4 Å². The molecule has 15 nitrogen and oxygen atoms in total. The number of anilines is 2. The second-order valence-corrected chi connectivity index (χ2v) is 15.5. The minimum Gasteiger partial charge on any atom is -0.444 e. The number of rotatable bonds is 22. The summed E-state index contributed by atoms with van der Waals surface area (Å²) in [4.78, 5) is 69.7. The number of ether oxygens (including phenoxy) is 1. The van der Waals surface area contributed by atoms with E-state index in [-0.39, 0.29) is 54.4 Å². The fraction of sp³-hybridized carbons (Fsp3) is 0.692. The van der Waals surface area contributed by atoms with E-state index in [1.807, 2.05) is 11.9 Å². The normalized spacial score (nSPS) is 15.8. The predicted molar refractivity (Wildman–Crippen MR) is 210 cm³/mol. The fourth-order valence-electron chi connectivity index (χ4n) is 6.53. The zero-order chi connectivity index (χ0) is 39.7. The molecular formula is C39H65N9O6. The van der Waals surface area contributed by atoms with Crippen LogP contribution in [0.1, 0.15) is 139 Å². The van der Waals surface area contributed by atoms with Crippen LogP contribution in [0.2, 0.25) is 0 Å². The standard InChI is InChI=1S/C39H65N9O6/c1-8-9-10-11-12-13-14-15-16-17-18-21-40-35(50)30-23-28(25-46(30)5)42-36(51)31-24-29(26-47(31)6)43-37(52)34-45-32(27-48(34)7)44-33(49)20-19-22-41-38(53)54-39(2,3)4/h24,26-28,30H,8-23,25H2,1-7H3,(H,40,50)(H,41,53)(H,42,51)(H,43,52)(H,44,49). The minimum atomic E-state index is -0.605. The first-order valence-electron chi connectivity index (χ1n) is 19.7. The lowest BCUT2D eigenvalue weighted by atomic mass is 10.1. The maximum atomic E-state index is 13.3. The van der Waals surface area contributed by atoms with E-state index in [1.54, 1.807) is 51.7 Å². The van der Waals surface area contributed by atoms with Gasteiger partial charge in [0.2, 0.25) is 17.6 Å². The highest BCUT2D eigenvalue weighted by Crippen LogP contribution is 2.19. The third-order valence-corrected chi connectivity index (χ3v) is 9.36. The van der Waals surface area contributed by atoms with Crippen LogP contribution >= 0.6 is 0 Å². The van der Waals surface area contributed by atoms with Crippen molar-refractivity contribution in [1.29, 1.82) is 0 Å². The Morgan fingerprint density at radius 2 is 1.43 bits per heavy atom. The van der Waals surface area contributed by atoms with Crippen molar-refractivity contribution in [2.75, 3.05) is 37.3 Å². The first kappa shape index (κ1) is 44.0. The molecular weight excluding hydrogens is 690 g/mol. The third kappa shape index (κ3) is 15.5. The molecule has 0 aromatic carbocycles. The van der Waals surface area contributed by atoms with E-state index in [9.17, 15) is 24.0 Å². The number of aryl methyl sites for hydroxylation is 2. The Bertz CT molecular complexity index is 1530. The Morgan fingerprint density at radius 1 is 0.796 bits per heavy atom. The van der Waals surface area contributed by atoms with Crippen molar-refractivity contribution in [3.05, 3.63) is 30.0 Å². The van der Waals surface area contributed by atoms with E-state index in [4.69, 9.17) is 4.74 Å². The average Bonchev–Trinajstić information content (AvgIpc) is 3.77. The summed E-state index contributed by atoms with van der Waals surface area (Å²) in [5.41, 5.74) is 0.152. The van der Waals surface area contributed by atoms with Gasteiger partial charge in [-0.1, -0.05) is 71.1 Å². The molecule has 1 aliphatic heterocycles. The van der Waals surface area contributed by atoms with Gasteiger partial charge in [0.15, 0.2) is 5.82 Å². The Kier molecular flexibility index (Phi) is 18.0. The average molecular weight is 756 g/mol. The predicted octanol–water partition coefficient (Wildman–Crippen LogP) is 5.48. The lowest BCUT2D eigenvalue weighted by Gasteiger charge is -2.19. The van der Waals surface area contributed by atoms with Crippen LogP contribution in [0.25, 0.3) is 0 Å². The number of hydrogen-bond acceptors (Lipinski definition) is 8. The molecule has 3 heterocycles. The molecule has 1 saturated heterocycles. The van der Waals surface area contributed by atoms with E-state index in [0.717, 1.165) is 12.8 Å². The molecule has 54 heavy (non-hydrogen) atoms. The first-order valence-corrected chi connectivity index (χ1v) is 19.7. The summed E-state index contributed by atoms with van der Waals surface area (Å²) in [6.45, 7) is 9.04. The molecule has 0 aliphatic carbocycles. The highest BCUT2D eigenvalue weighted by molar-refractivity contribution is 6.03. The molecule has 0 bridgehead atoms. The number of amides is 5. The van der Waals surface area contributed by atoms with Crippen LogP contribution in [0, 0.1) is 0 Å². The number of unbranched alkanes of at least 4 members (excludes halogenated alkanes) is 10. The van der Waals surface area contributed by atoms with Crippen LogP contribution in [0.4, 0.5) is 16.3 Å². The van der Waals surface area contributed by atoms with Gasteiger partial charge in [0.1, 0.15) is 11.3 Å². The Hall–Kier alpha value is -4.40. The molecule has 0 spiro atoms. The van der Waals surface area contributed by atoms with Gasteiger partial charge in [-0.05, 0) is 53.1 Å². The van der Waals surface area contributed by atoms with Crippen molar-refractivity contribution >= 4 is 41.2 Å². The van der Waals surface area contributed by atoms with Crippen LogP contribution in [0.3, 0.4) is 0 Å². The van der Waals surface area contributed by atoms with E-state index in [2.05, 4.69) is 38.5 Å². The summed E-state index contributed by atoms with van der Waals surface area (Å²) < 4.78 is 8.30. The lowest BCUT2D eigenvalue weighted by molar-refractivity contribution is -0.125. The number of hydrogen-bond donors (Lipinski definition) is 5. The molecule has 0 radical (unpaired) electrons. The van der Waals surface area contributed by atoms with Gasteiger partial charge >= 0.3 is 6.09 Å². The number of imidazole rings is 1. The molecule has 2 aromatic rings. The number of carbonyl (C=O) groups is 5. The van der Waals surface area contributed by atoms with Gasteiger partial charge in [-0.25, -0.2) is 9.78 Å². The number of likely N-dealkylation sites (N-methyl/N-ethyl adjacent to an activating group) is 1. The summed E-state index contributed by atoms with van der Waals surface area (Å²) in [5.74, 6) is -0.866. The molecule has 2 aromatic heterocycles. The molecule has 15 heteroatoms. The summed E-state index contributed by atoms with van der Waals surface area (Å²) in [7, 11) is 5.25. The van der Waals surface area contributed by atoms with E-state index in [0.29, 0.717) is 37.3 Å². The number of aromatic nitrogens is 3. The minimum absolute atomic E-state index is 0.00482. The van der Waals surface area contributed by atoms with Crippen molar-refractivity contribution in [1.82, 2.24) is 35.0 Å². The molecule has 1 aliphatic rings. The van der Waals surface area contributed by atoms with Gasteiger partial charge in [0.25, 0.3) is 11.8 Å². The van der Waals surface area contributed by atoms with Gasteiger partial charge in [0.05, 0.1) is 11.7 Å². The topological polar surface area (TPSA) is 181 Å². The largest absolute Gasteiger partial charge is 0.444 e. The highest BCUT2D eigenvalue weighted by atomic mass is 16.6. The highest BCUT2D eigenvalue weighted by Gasteiger charge is 2.35. The van der Waals surface area contributed by atoms with Crippen LogP contribution < -0.4 is 26.6 Å². The summed E-state index contributed by atoms with van der Waals surface area (Å²) in [6, 6.07) is 1.08. The maximum absolute atomic E-state index is 13.3. The molecule has 2 unspecified atom stereocenters. The summed E-state index contributed by atoms with van der Waals surface area (Å²) in [5, 5.41) is 14.2. The van der Waals surface area contributed by atoms with Gasteiger partial charge < -0.3 is 40.5 Å². The number of carbonyl (C=O) groups excluding carboxylic acids is 5. The quantitative estimate of drug-likeness (QED) is 0.0980. The van der Waals surface area contributed by atoms with Gasteiger partial charge in [0, 0.05) is 58.6 Å². The summed E-state index contributed by atoms with van der Waals surface area (Å²) >= 11 is 0. The second kappa shape index (κ2) is 22.1. The number of likely N-dealkylation sites (tertiary alicyclic amines) is 1. The van der Waals surface area contributed by atoms with Crippen LogP contribution in [0.5, 0.6) is 0 Å². The van der Waals surface area contributed by atoms with E-state index in [1.165, 1.54) is 68.6 Å². The van der Waals surface area contributed by atoms with Crippen molar-refractivity contribution in [2.24, 2.45) is 14.1 Å². The molecule has 302 valence electrons. The number of alkyl carbamates (subject to hydrolysis) is 1. The molecule has 5 N–H and O–H groups in total. The Morgan fingerprint density at radius 3 is 2.07 bits per heavy atom. The fourth-order valence-corrected chi connectivity index (χ4v) is 6.53. The number of nitrogens with one attached hydrogen (secondary N) is 5. The first-order chi connectivity index (χ1) is 25.7. The van der Waals surface area contributed by atoms with Gasteiger partial charge in [-0.15, -0.1) is 0 Å². The summed E-state index contributed by atoms with van der Waals surface area (Å²) in [6.07, 6.45) is 17.5. The molecule has 3 rings (SSSR count). The molecule has 2 atom stereocenters. The van der Waals surface area contributed by atoms with E-state index < -0.39 is 17.6 Å². The second-order valence-electron chi connectivity index (χ2n) is 15.5. The van der Waals surface area contributed by atoms with Crippen LogP contribution in [0.15, 0.2) is 18.5 Å². The lowest BCUT2D eigenvalue weighted by Crippen LogP contribution is -2.41. The third-order valence-electron chi connectivity index (χ3n) is 9.36. The molecule has 5 amide bonds.